The van der Waals surface area contributed by atoms with Crippen molar-refractivity contribution in [3.8, 4) is 0 Å². The van der Waals surface area contributed by atoms with Gasteiger partial charge in [-0.05, 0) is 23.4 Å². The standard InChI is InChI=1S/C16H20N2O2S/c1-18(13-8-9-21(19,20)11-13)16-7-6-12(10-17)14-4-2-3-5-15(14)16/h2-7,13H,8-11,17H2,1H3. The van der Waals surface area contributed by atoms with Crippen LogP contribution in [0.2, 0.25) is 0 Å². The van der Waals surface area contributed by atoms with E-state index in [1.54, 1.807) is 0 Å². The van der Waals surface area contributed by atoms with Crippen LogP contribution in [-0.4, -0.2) is 33.0 Å². The molecule has 1 unspecified atom stereocenters. The Labute approximate surface area is 125 Å². The third-order valence-electron chi connectivity index (χ3n) is 4.35. The monoisotopic (exact) mass is 304 g/mol. The van der Waals surface area contributed by atoms with Gasteiger partial charge in [0, 0.05) is 30.7 Å². The van der Waals surface area contributed by atoms with Crippen LogP contribution in [0.3, 0.4) is 0 Å². The summed E-state index contributed by atoms with van der Waals surface area (Å²) in [6, 6.07) is 12.3. The van der Waals surface area contributed by atoms with E-state index in [-0.39, 0.29) is 11.8 Å². The molecule has 5 heteroatoms. The molecule has 0 spiro atoms. The maximum absolute atomic E-state index is 11.7. The van der Waals surface area contributed by atoms with E-state index in [4.69, 9.17) is 5.73 Å². The van der Waals surface area contributed by atoms with Gasteiger partial charge in [0.2, 0.25) is 0 Å². The molecule has 2 aromatic carbocycles. The van der Waals surface area contributed by atoms with Gasteiger partial charge in [-0.3, -0.25) is 0 Å². The highest BCUT2D eigenvalue weighted by Crippen LogP contribution is 2.31. The molecule has 1 atom stereocenters. The highest BCUT2D eigenvalue weighted by Gasteiger charge is 2.31. The molecule has 4 nitrogen and oxygen atoms in total. The van der Waals surface area contributed by atoms with Gasteiger partial charge in [-0.15, -0.1) is 0 Å². The maximum atomic E-state index is 11.7. The second-order valence-electron chi connectivity index (χ2n) is 5.66. The van der Waals surface area contributed by atoms with Crippen molar-refractivity contribution in [1.82, 2.24) is 0 Å². The first-order valence-corrected chi connectivity index (χ1v) is 8.98. The lowest BCUT2D eigenvalue weighted by Crippen LogP contribution is -2.32. The Balaban J connectivity index is 2.05. The van der Waals surface area contributed by atoms with Crippen molar-refractivity contribution in [2.45, 2.75) is 19.0 Å². The number of sulfone groups is 1. The van der Waals surface area contributed by atoms with Crippen LogP contribution >= 0.6 is 0 Å². The summed E-state index contributed by atoms with van der Waals surface area (Å²) in [6.45, 7) is 0.502. The molecule has 1 heterocycles. The Hall–Kier alpha value is -1.59. The third kappa shape index (κ3) is 2.63. The molecule has 21 heavy (non-hydrogen) atoms. The molecule has 3 rings (SSSR count). The van der Waals surface area contributed by atoms with Crippen LogP contribution in [0.15, 0.2) is 36.4 Å². The highest BCUT2D eigenvalue weighted by molar-refractivity contribution is 7.91. The summed E-state index contributed by atoms with van der Waals surface area (Å²) in [4.78, 5) is 2.10. The van der Waals surface area contributed by atoms with E-state index in [9.17, 15) is 8.42 Å². The summed E-state index contributed by atoms with van der Waals surface area (Å²) < 4.78 is 23.4. The van der Waals surface area contributed by atoms with Crippen LogP contribution in [-0.2, 0) is 16.4 Å². The van der Waals surface area contributed by atoms with E-state index >= 15 is 0 Å². The maximum Gasteiger partial charge on any atom is 0.152 e. The van der Waals surface area contributed by atoms with Crippen LogP contribution in [0, 0.1) is 0 Å². The van der Waals surface area contributed by atoms with Crippen molar-refractivity contribution >= 4 is 26.3 Å². The van der Waals surface area contributed by atoms with Gasteiger partial charge in [-0.2, -0.15) is 0 Å². The summed E-state index contributed by atoms with van der Waals surface area (Å²) in [6.07, 6.45) is 0.700. The average molecular weight is 304 g/mol. The highest BCUT2D eigenvalue weighted by atomic mass is 32.2. The van der Waals surface area contributed by atoms with Gasteiger partial charge in [-0.25, -0.2) is 8.42 Å². The summed E-state index contributed by atoms with van der Waals surface area (Å²) in [5.74, 6) is 0.539. The molecule has 1 aliphatic rings. The van der Waals surface area contributed by atoms with Crippen LogP contribution in [0.1, 0.15) is 12.0 Å². The van der Waals surface area contributed by atoms with E-state index in [1.807, 2.05) is 25.2 Å². The van der Waals surface area contributed by atoms with Crippen LogP contribution in [0.4, 0.5) is 5.69 Å². The summed E-state index contributed by atoms with van der Waals surface area (Å²) in [5, 5.41) is 2.28. The molecule has 1 aliphatic heterocycles. The quantitative estimate of drug-likeness (QED) is 0.941. The first-order valence-electron chi connectivity index (χ1n) is 7.16. The smallest absolute Gasteiger partial charge is 0.152 e. The molecule has 0 aromatic heterocycles. The fourth-order valence-corrected chi connectivity index (χ4v) is 4.88. The Morgan fingerprint density at radius 3 is 2.52 bits per heavy atom. The fourth-order valence-electron chi connectivity index (χ4n) is 3.11. The summed E-state index contributed by atoms with van der Waals surface area (Å²) in [5.41, 5.74) is 7.99. The molecule has 2 aromatic rings. The Kier molecular flexibility index (Phi) is 3.63. The number of nitrogens with zero attached hydrogens (tertiary/aromatic N) is 1. The molecule has 112 valence electrons. The van der Waals surface area contributed by atoms with Crippen molar-refractivity contribution in [2.75, 3.05) is 23.5 Å². The number of hydrogen-bond acceptors (Lipinski definition) is 4. The van der Waals surface area contributed by atoms with Crippen molar-refractivity contribution < 1.29 is 8.42 Å². The zero-order valence-corrected chi connectivity index (χ0v) is 12.9. The van der Waals surface area contributed by atoms with E-state index in [2.05, 4.69) is 23.1 Å². The molecule has 0 saturated carbocycles. The number of hydrogen-bond donors (Lipinski definition) is 1. The molecular weight excluding hydrogens is 284 g/mol. The predicted molar refractivity (Wildman–Crippen MR) is 87.3 cm³/mol. The second-order valence-corrected chi connectivity index (χ2v) is 7.89. The normalized spacial score (nSPS) is 20.8. The largest absolute Gasteiger partial charge is 0.370 e. The minimum atomic E-state index is -2.88. The van der Waals surface area contributed by atoms with Crippen LogP contribution < -0.4 is 10.6 Å². The summed E-state index contributed by atoms with van der Waals surface area (Å²) >= 11 is 0. The number of fused-ring (bicyclic) bond motifs is 1. The van der Waals surface area contributed by atoms with Crippen molar-refractivity contribution in [3.05, 3.63) is 42.0 Å². The SMILES string of the molecule is CN(c1ccc(CN)c2ccccc12)C1CCS(=O)(=O)C1. The van der Waals surface area contributed by atoms with Crippen molar-refractivity contribution in [1.29, 1.82) is 0 Å². The molecular formula is C16H20N2O2S. The van der Waals surface area contributed by atoms with Gasteiger partial charge in [0.05, 0.1) is 11.5 Å². The Bertz CT molecular complexity index is 771. The Morgan fingerprint density at radius 1 is 1.19 bits per heavy atom. The molecule has 0 amide bonds. The van der Waals surface area contributed by atoms with Gasteiger partial charge < -0.3 is 10.6 Å². The van der Waals surface area contributed by atoms with Gasteiger partial charge in [-0.1, -0.05) is 30.3 Å². The third-order valence-corrected chi connectivity index (χ3v) is 6.10. The van der Waals surface area contributed by atoms with Crippen molar-refractivity contribution in [2.24, 2.45) is 5.73 Å². The Morgan fingerprint density at radius 2 is 1.90 bits per heavy atom. The lowest BCUT2D eigenvalue weighted by atomic mass is 10.0. The zero-order valence-electron chi connectivity index (χ0n) is 12.1. The molecule has 1 saturated heterocycles. The average Bonchev–Trinajstić information content (AvgIpc) is 2.85. The van der Waals surface area contributed by atoms with Gasteiger partial charge >= 0.3 is 0 Å². The van der Waals surface area contributed by atoms with E-state index < -0.39 is 9.84 Å². The van der Waals surface area contributed by atoms with E-state index in [1.165, 1.54) is 0 Å². The van der Waals surface area contributed by atoms with Gasteiger partial charge in [0.15, 0.2) is 9.84 Å². The molecule has 0 aliphatic carbocycles. The number of anilines is 1. The van der Waals surface area contributed by atoms with Crippen LogP contribution in [0.25, 0.3) is 10.8 Å². The zero-order chi connectivity index (χ0) is 15.0. The first kappa shape index (κ1) is 14.4. The minimum Gasteiger partial charge on any atom is -0.370 e. The van der Waals surface area contributed by atoms with E-state index in [0.717, 1.165) is 22.0 Å². The molecule has 0 bridgehead atoms. The lowest BCUT2D eigenvalue weighted by molar-refractivity contribution is 0.601. The second kappa shape index (κ2) is 5.31. The van der Waals surface area contributed by atoms with Gasteiger partial charge in [0.25, 0.3) is 0 Å². The molecule has 0 radical (unpaired) electrons. The van der Waals surface area contributed by atoms with Gasteiger partial charge in [0.1, 0.15) is 0 Å². The molecule has 2 N–H and O–H groups in total. The molecule has 1 fully saturated rings. The van der Waals surface area contributed by atoms with E-state index in [0.29, 0.717) is 18.7 Å². The van der Waals surface area contributed by atoms with Crippen LogP contribution in [0.5, 0.6) is 0 Å². The predicted octanol–water partition coefficient (Wildman–Crippen LogP) is 1.92. The minimum absolute atomic E-state index is 0.0575. The lowest BCUT2D eigenvalue weighted by Gasteiger charge is -2.27. The number of nitrogens with two attached hydrogens (primary N) is 1. The first-order chi connectivity index (χ1) is 10.0. The number of rotatable bonds is 3. The summed E-state index contributed by atoms with van der Waals surface area (Å²) in [7, 11) is -0.895. The van der Waals surface area contributed by atoms with Crippen molar-refractivity contribution in [3.63, 3.8) is 0 Å². The number of benzene rings is 2. The fraction of sp³-hybridized carbons (Fsp3) is 0.375. The topological polar surface area (TPSA) is 63.4 Å².